The predicted molar refractivity (Wildman–Crippen MR) is 83.3 cm³/mol. The monoisotopic (exact) mass is 348 g/mol. The predicted octanol–water partition coefficient (Wildman–Crippen LogP) is 5.59. The van der Waals surface area contributed by atoms with Crippen LogP contribution < -0.4 is 0 Å². The van der Waals surface area contributed by atoms with Gasteiger partial charge in [0.1, 0.15) is 0 Å². The first-order chi connectivity index (χ1) is 9.38. The van der Waals surface area contributed by atoms with Crippen molar-refractivity contribution in [1.29, 1.82) is 0 Å². The summed E-state index contributed by atoms with van der Waals surface area (Å²) in [6, 6.07) is 8.06. The van der Waals surface area contributed by atoms with Crippen LogP contribution in [-0.2, 0) is 11.2 Å². The van der Waals surface area contributed by atoms with E-state index in [1.165, 1.54) is 0 Å². The number of carboxylic acid groups (broad SMARTS) is 1. The molecule has 2 aromatic carbocycles. The van der Waals surface area contributed by atoms with Crippen LogP contribution in [0.5, 0.6) is 0 Å². The maximum Gasteiger partial charge on any atom is 0.307 e. The lowest BCUT2D eigenvalue weighted by Gasteiger charge is -2.11. The van der Waals surface area contributed by atoms with E-state index in [4.69, 9.17) is 51.5 Å². The SMILES string of the molecule is O=C(O)Cc1ccc(Cl)c(-c2c(Cl)cc(Cl)cc2Cl)c1. The topological polar surface area (TPSA) is 37.3 Å². The van der Waals surface area contributed by atoms with E-state index in [0.717, 1.165) is 0 Å². The first-order valence-electron chi connectivity index (χ1n) is 5.53. The fourth-order valence-electron chi connectivity index (χ4n) is 1.85. The van der Waals surface area contributed by atoms with Crippen molar-refractivity contribution in [3.8, 4) is 11.1 Å². The highest BCUT2D eigenvalue weighted by Crippen LogP contribution is 2.40. The molecular formula is C14H8Cl4O2. The molecule has 2 rings (SSSR count). The van der Waals surface area contributed by atoms with Crippen molar-refractivity contribution in [2.45, 2.75) is 6.42 Å². The molecule has 0 aliphatic rings. The van der Waals surface area contributed by atoms with E-state index in [0.29, 0.717) is 36.8 Å². The zero-order valence-corrected chi connectivity index (χ0v) is 13.0. The lowest BCUT2D eigenvalue weighted by molar-refractivity contribution is -0.136. The molecule has 1 N–H and O–H groups in total. The van der Waals surface area contributed by atoms with Crippen LogP contribution in [0, 0.1) is 0 Å². The van der Waals surface area contributed by atoms with E-state index >= 15 is 0 Å². The van der Waals surface area contributed by atoms with E-state index in [1.54, 1.807) is 30.3 Å². The van der Waals surface area contributed by atoms with Gasteiger partial charge in [0.2, 0.25) is 0 Å². The molecule has 0 saturated carbocycles. The van der Waals surface area contributed by atoms with Gasteiger partial charge < -0.3 is 5.11 Å². The van der Waals surface area contributed by atoms with Crippen molar-refractivity contribution < 1.29 is 9.90 Å². The molecule has 0 aromatic heterocycles. The van der Waals surface area contributed by atoms with E-state index < -0.39 is 5.97 Å². The number of carboxylic acids is 1. The molecule has 0 heterocycles. The second-order valence-electron chi connectivity index (χ2n) is 4.13. The summed E-state index contributed by atoms with van der Waals surface area (Å²) >= 11 is 24.3. The normalized spacial score (nSPS) is 10.6. The van der Waals surface area contributed by atoms with Gasteiger partial charge in [-0.2, -0.15) is 0 Å². The largest absolute Gasteiger partial charge is 0.481 e. The van der Waals surface area contributed by atoms with Crippen LogP contribution in [-0.4, -0.2) is 11.1 Å². The van der Waals surface area contributed by atoms with Crippen LogP contribution in [0.2, 0.25) is 20.1 Å². The summed E-state index contributed by atoms with van der Waals surface area (Å²) in [6.45, 7) is 0. The number of aliphatic carboxylic acids is 1. The smallest absolute Gasteiger partial charge is 0.307 e. The highest BCUT2D eigenvalue weighted by Gasteiger charge is 2.14. The summed E-state index contributed by atoms with van der Waals surface area (Å²) in [4.78, 5) is 10.8. The van der Waals surface area contributed by atoms with Gasteiger partial charge in [0.25, 0.3) is 0 Å². The Morgan fingerprint density at radius 1 is 0.950 bits per heavy atom. The van der Waals surface area contributed by atoms with Gasteiger partial charge in [0.15, 0.2) is 0 Å². The summed E-state index contributed by atoms with van der Waals surface area (Å²) in [5, 5.41) is 10.4. The first kappa shape index (κ1) is 15.5. The number of carbonyl (C=O) groups is 1. The van der Waals surface area contributed by atoms with Crippen molar-refractivity contribution in [1.82, 2.24) is 0 Å². The van der Waals surface area contributed by atoms with Crippen LogP contribution in [0.25, 0.3) is 11.1 Å². The van der Waals surface area contributed by atoms with Gasteiger partial charge in [-0.05, 0) is 29.8 Å². The molecule has 6 heteroatoms. The first-order valence-corrected chi connectivity index (χ1v) is 7.05. The summed E-state index contributed by atoms with van der Waals surface area (Å²) in [5.74, 6) is -0.924. The average Bonchev–Trinajstić information content (AvgIpc) is 2.31. The number of halogens is 4. The molecule has 0 bridgehead atoms. The Kier molecular flexibility index (Phi) is 4.82. The van der Waals surface area contributed by atoms with E-state index in [2.05, 4.69) is 0 Å². The van der Waals surface area contributed by atoms with Crippen molar-refractivity contribution in [2.24, 2.45) is 0 Å². The molecule has 0 aliphatic carbocycles. The van der Waals surface area contributed by atoms with Gasteiger partial charge in [0, 0.05) is 21.2 Å². The molecule has 2 nitrogen and oxygen atoms in total. The molecule has 2 aromatic rings. The quantitative estimate of drug-likeness (QED) is 0.783. The Hall–Kier alpha value is -0.930. The minimum Gasteiger partial charge on any atom is -0.481 e. The number of hydrogen-bond donors (Lipinski definition) is 1. The molecule has 0 atom stereocenters. The Morgan fingerprint density at radius 2 is 1.55 bits per heavy atom. The third-order valence-corrected chi connectivity index (χ3v) is 3.81. The molecule has 104 valence electrons. The van der Waals surface area contributed by atoms with E-state index in [9.17, 15) is 4.79 Å². The van der Waals surface area contributed by atoms with Gasteiger partial charge in [0.05, 0.1) is 16.5 Å². The molecule has 0 aliphatic heterocycles. The van der Waals surface area contributed by atoms with Crippen LogP contribution in [0.1, 0.15) is 5.56 Å². The molecule has 0 unspecified atom stereocenters. The van der Waals surface area contributed by atoms with Crippen molar-refractivity contribution in [2.75, 3.05) is 0 Å². The van der Waals surface area contributed by atoms with Gasteiger partial charge in [-0.1, -0.05) is 52.5 Å². The Morgan fingerprint density at radius 3 is 2.10 bits per heavy atom. The highest BCUT2D eigenvalue weighted by molar-refractivity contribution is 6.43. The zero-order valence-electron chi connectivity index (χ0n) is 9.96. The van der Waals surface area contributed by atoms with Crippen molar-refractivity contribution in [3.63, 3.8) is 0 Å². The highest BCUT2D eigenvalue weighted by atomic mass is 35.5. The van der Waals surface area contributed by atoms with Crippen LogP contribution in [0.4, 0.5) is 0 Å². The summed E-state index contributed by atoms with van der Waals surface area (Å²) < 4.78 is 0. The molecular weight excluding hydrogens is 342 g/mol. The van der Waals surface area contributed by atoms with Gasteiger partial charge in [-0.3, -0.25) is 4.79 Å². The second kappa shape index (κ2) is 6.23. The third kappa shape index (κ3) is 3.39. The molecule has 0 radical (unpaired) electrons. The Bertz CT molecular complexity index is 660. The maximum absolute atomic E-state index is 10.8. The maximum atomic E-state index is 10.8. The molecule has 0 fully saturated rings. The third-order valence-electron chi connectivity index (χ3n) is 2.66. The molecule has 0 saturated heterocycles. The number of rotatable bonds is 3. The van der Waals surface area contributed by atoms with E-state index in [1.807, 2.05) is 0 Å². The second-order valence-corrected chi connectivity index (χ2v) is 5.79. The molecule has 0 spiro atoms. The van der Waals surface area contributed by atoms with Gasteiger partial charge in [-0.25, -0.2) is 0 Å². The number of hydrogen-bond acceptors (Lipinski definition) is 1. The average molecular weight is 350 g/mol. The van der Waals surface area contributed by atoms with Crippen molar-refractivity contribution >= 4 is 52.4 Å². The lowest BCUT2D eigenvalue weighted by atomic mass is 10.0. The summed E-state index contributed by atoms with van der Waals surface area (Å²) in [6.07, 6.45) is -0.104. The summed E-state index contributed by atoms with van der Waals surface area (Å²) in [7, 11) is 0. The molecule has 0 amide bonds. The minimum absolute atomic E-state index is 0.104. The Balaban J connectivity index is 2.60. The van der Waals surface area contributed by atoms with Crippen molar-refractivity contribution in [3.05, 3.63) is 56.0 Å². The fraction of sp³-hybridized carbons (Fsp3) is 0.0714. The Labute approximate surface area is 135 Å². The summed E-state index contributed by atoms with van der Waals surface area (Å²) in [5.41, 5.74) is 1.73. The van der Waals surface area contributed by atoms with Crippen LogP contribution in [0.15, 0.2) is 30.3 Å². The fourth-order valence-corrected chi connectivity index (χ4v) is 3.08. The van der Waals surface area contributed by atoms with Gasteiger partial charge in [-0.15, -0.1) is 0 Å². The van der Waals surface area contributed by atoms with Gasteiger partial charge >= 0.3 is 5.97 Å². The van der Waals surface area contributed by atoms with Crippen LogP contribution >= 0.6 is 46.4 Å². The molecule has 20 heavy (non-hydrogen) atoms. The standard InChI is InChI=1S/C14H8Cl4O2/c15-8-5-11(17)14(12(18)6-8)9-3-7(4-13(19)20)1-2-10(9)16/h1-3,5-6H,4H2,(H,19,20). The van der Waals surface area contributed by atoms with E-state index in [-0.39, 0.29) is 6.42 Å². The number of benzene rings is 2. The lowest BCUT2D eigenvalue weighted by Crippen LogP contribution is -2.00. The van der Waals surface area contributed by atoms with Crippen LogP contribution in [0.3, 0.4) is 0 Å². The zero-order chi connectivity index (χ0) is 14.9. The minimum atomic E-state index is -0.924.